The van der Waals surface area contributed by atoms with Gasteiger partial charge in [0, 0.05) is 16.1 Å². The number of nitrogens with two attached hydrogens (primary N) is 1. The van der Waals surface area contributed by atoms with Crippen molar-refractivity contribution in [2.45, 2.75) is 13.8 Å². The minimum atomic E-state index is -0.0689. The lowest BCUT2D eigenvalue weighted by atomic mass is 9.97. The molecule has 2 rings (SSSR count). The van der Waals surface area contributed by atoms with Crippen LogP contribution < -0.4 is 10.5 Å². The second-order valence-electron chi connectivity index (χ2n) is 4.70. The van der Waals surface area contributed by atoms with Crippen molar-refractivity contribution in [1.29, 1.82) is 0 Å². The van der Waals surface area contributed by atoms with Crippen molar-refractivity contribution in [3.05, 3.63) is 57.6 Å². The molecule has 3 nitrogen and oxygen atoms in total. The Morgan fingerprint density at radius 2 is 1.85 bits per heavy atom. The molecule has 0 unspecified atom stereocenters. The molecule has 0 amide bonds. The minimum absolute atomic E-state index is 0.0689. The van der Waals surface area contributed by atoms with Crippen molar-refractivity contribution < 1.29 is 9.53 Å². The molecular formula is C16H16ClNO2. The van der Waals surface area contributed by atoms with Crippen LogP contribution in [0, 0.1) is 13.8 Å². The molecule has 0 aromatic heterocycles. The van der Waals surface area contributed by atoms with E-state index in [2.05, 4.69) is 0 Å². The zero-order chi connectivity index (χ0) is 14.9. The number of carbonyl (C=O) groups is 1. The molecule has 0 bridgehead atoms. The van der Waals surface area contributed by atoms with Crippen LogP contribution in [0.3, 0.4) is 0 Å². The number of ether oxygens (including phenoxy) is 1. The first kappa shape index (κ1) is 14.4. The third-order valence-corrected chi connectivity index (χ3v) is 3.65. The predicted octanol–water partition coefficient (Wildman–Crippen LogP) is 3.78. The Morgan fingerprint density at radius 1 is 1.15 bits per heavy atom. The van der Waals surface area contributed by atoms with Crippen LogP contribution in [0.15, 0.2) is 30.3 Å². The van der Waals surface area contributed by atoms with Crippen LogP contribution in [0.5, 0.6) is 5.75 Å². The number of hydrogen-bond acceptors (Lipinski definition) is 3. The SMILES string of the molecule is COc1cc(C(=O)c2cc(C)c(Cl)cc2C)ccc1N. The van der Waals surface area contributed by atoms with Crippen LogP contribution in [0.2, 0.25) is 5.02 Å². The number of ketones is 1. The first-order valence-corrected chi connectivity index (χ1v) is 6.56. The highest BCUT2D eigenvalue weighted by molar-refractivity contribution is 6.31. The normalized spacial score (nSPS) is 10.4. The van der Waals surface area contributed by atoms with Crippen LogP contribution in [-0.2, 0) is 0 Å². The van der Waals surface area contributed by atoms with Gasteiger partial charge in [-0.1, -0.05) is 11.6 Å². The van der Waals surface area contributed by atoms with E-state index in [1.807, 2.05) is 19.9 Å². The first-order chi connectivity index (χ1) is 9.43. The molecule has 0 spiro atoms. The number of carbonyl (C=O) groups excluding carboxylic acids is 1. The van der Waals surface area contributed by atoms with Gasteiger partial charge in [-0.2, -0.15) is 0 Å². The van der Waals surface area contributed by atoms with Gasteiger partial charge >= 0.3 is 0 Å². The molecule has 0 saturated carbocycles. The van der Waals surface area contributed by atoms with Gasteiger partial charge in [0.15, 0.2) is 5.78 Å². The monoisotopic (exact) mass is 289 g/mol. The summed E-state index contributed by atoms with van der Waals surface area (Å²) in [6.07, 6.45) is 0. The summed E-state index contributed by atoms with van der Waals surface area (Å²) in [4.78, 5) is 12.6. The van der Waals surface area contributed by atoms with Crippen molar-refractivity contribution in [3.8, 4) is 5.75 Å². The van der Waals surface area contributed by atoms with Crippen LogP contribution in [0.4, 0.5) is 5.69 Å². The van der Waals surface area contributed by atoms with E-state index in [0.717, 1.165) is 11.1 Å². The molecule has 0 atom stereocenters. The zero-order valence-corrected chi connectivity index (χ0v) is 12.4. The highest BCUT2D eigenvalue weighted by Gasteiger charge is 2.15. The van der Waals surface area contributed by atoms with Gasteiger partial charge in [-0.25, -0.2) is 0 Å². The van der Waals surface area contributed by atoms with Crippen molar-refractivity contribution in [3.63, 3.8) is 0 Å². The summed E-state index contributed by atoms with van der Waals surface area (Å²) < 4.78 is 5.15. The molecule has 0 radical (unpaired) electrons. The van der Waals surface area contributed by atoms with E-state index >= 15 is 0 Å². The van der Waals surface area contributed by atoms with Crippen molar-refractivity contribution >= 4 is 23.1 Å². The van der Waals surface area contributed by atoms with E-state index in [0.29, 0.717) is 27.6 Å². The molecule has 20 heavy (non-hydrogen) atoms. The summed E-state index contributed by atoms with van der Waals surface area (Å²) in [5, 5.41) is 0.661. The largest absolute Gasteiger partial charge is 0.495 e. The number of nitrogen functional groups attached to an aromatic ring is 1. The molecule has 0 fully saturated rings. The molecular weight excluding hydrogens is 274 g/mol. The molecule has 2 aromatic rings. The van der Waals surface area contributed by atoms with Gasteiger partial charge in [0.05, 0.1) is 12.8 Å². The number of methoxy groups -OCH3 is 1. The average molecular weight is 290 g/mol. The molecule has 0 aliphatic rings. The van der Waals surface area contributed by atoms with E-state index in [-0.39, 0.29) is 5.78 Å². The molecule has 4 heteroatoms. The van der Waals surface area contributed by atoms with E-state index in [9.17, 15) is 4.79 Å². The van der Waals surface area contributed by atoms with Crippen LogP contribution >= 0.6 is 11.6 Å². The number of hydrogen-bond donors (Lipinski definition) is 1. The Morgan fingerprint density at radius 3 is 2.50 bits per heavy atom. The fraction of sp³-hybridized carbons (Fsp3) is 0.188. The number of aryl methyl sites for hydroxylation is 2. The second-order valence-corrected chi connectivity index (χ2v) is 5.11. The maximum atomic E-state index is 12.6. The number of anilines is 1. The molecule has 2 N–H and O–H groups in total. The summed E-state index contributed by atoms with van der Waals surface area (Å²) in [6.45, 7) is 3.75. The third kappa shape index (κ3) is 2.63. The van der Waals surface area contributed by atoms with Gasteiger partial charge in [0.25, 0.3) is 0 Å². The Balaban J connectivity index is 2.49. The summed E-state index contributed by atoms with van der Waals surface area (Å²) >= 11 is 6.06. The fourth-order valence-corrected chi connectivity index (χ4v) is 2.25. The Bertz CT molecular complexity index is 680. The lowest BCUT2D eigenvalue weighted by Gasteiger charge is -2.10. The lowest BCUT2D eigenvalue weighted by Crippen LogP contribution is -2.05. The lowest BCUT2D eigenvalue weighted by molar-refractivity contribution is 0.103. The Labute approximate surface area is 123 Å². The van der Waals surface area contributed by atoms with Gasteiger partial charge in [0.2, 0.25) is 0 Å². The van der Waals surface area contributed by atoms with Crippen molar-refractivity contribution in [2.24, 2.45) is 0 Å². The topological polar surface area (TPSA) is 52.3 Å². The van der Waals surface area contributed by atoms with E-state index < -0.39 is 0 Å². The summed E-state index contributed by atoms with van der Waals surface area (Å²) in [6, 6.07) is 8.64. The smallest absolute Gasteiger partial charge is 0.193 e. The summed E-state index contributed by atoms with van der Waals surface area (Å²) in [7, 11) is 1.53. The fourth-order valence-electron chi connectivity index (χ4n) is 2.03. The highest BCUT2D eigenvalue weighted by Crippen LogP contribution is 2.26. The maximum Gasteiger partial charge on any atom is 0.193 e. The maximum absolute atomic E-state index is 12.6. The van der Waals surface area contributed by atoms with Crippen LogP contribution in [0.1, 0.15) is 27.0 Å². The van der Waals surface area contributed by atoms with Crippen molar-refractivity contribution in [2.75, 3.05) is 12.8 Å². The second kappa shape index (κ2) is 5.55. The molecule has 0 aliphatic heterocycles. The summed E-state index contributed by atoms with van der Waals surface area (Å²) in [5.74, 6) is 0.430. The standard InChI is InChI=1S/C16H16ClNO2/c1-9-7-13(17)10(2)6-12(9)16(19)11-4-5-14(18)15(8-11)20-3/h4-8H,18H2,1-3H3. The van der Waals surface area contributed by atoms with Gasteiger partial charge < -0.3 is 10.5 Å². The first-order valence-electron chi connectivity index (χ1n) is 6.19. The van der Waals surface area contributed by atoms with E-state index in [4.69, 9.17) is 22.1 Å². The van der Waals surface area contributed by atoms with Gasteiger partial charge in [0.1, 0.15) is 5.75 Å². The number of halogens is 1. The third-order valence-electron chi connectivity index (χ3n) is 3.25. The van der Waals surface area contributed by atoms with Gasteiger partial charge in [-0.15, -0.1) is 0 Å². The number of rotatable bonds is 3. The predicted molar refractivity (Wildman–Crippen MR) is 81.8 cm³/mol. The average Bonchev–Trinajstić information content (AvgIpc) is 2.42. The molecule has 0 aliphatic carbocycles. The summed E-state index contributed by atoms with van der Waals surface area (Å²) in [5.41, 5.74) is 9.17. The van der Waals surface area contributed by atoms with Crippen LogP contribution in [0.25, 0.3) is 0 Å². The Kier molecular flexibility index (Phi) is 4.00. The minimum Gasteiger partial charge on any atom is -0.495 e. The van der Waals surface area contributed by atoms with Gasteiger partial charge in [-0.3, -0.25) is 4.79 Å². The molecule has 0 heterocycles. The highest BCUT2D eigenvalue weighted by atomic mass is 35.5. The van der Waals surface area contributed by atoms with Crippen LogP contribution in [-0.4, -0.2) is 12.9 Å². The molecule has 104 valence electrons. The van der Waals surface area contributed by atoms with E-state index in [1.165, 1.54) is 7.11 Å². The van der Waals surface area contributed by atoms with E-state index in [1.54, 1.807) is 24.3 Å². The number of benzene rings is 2. The van der Waals surface area contributed by atoms with Crippen molar-refractivity contribution in [1.82, 2.24) is 0 Å². The Hall–Kier alpha value is -2.00. The quantitative estimate of drug-likeness (QED) is 0.691. The molecule has 0 saturated heterocycles. The zero-order valence-electron chi connectivity index (χ0n) is 11.7. The van der Waals surface area contributed by atoms with Gasteiger partial charge in [-0.05, 0) is 55.3 Å². The molecule has 2 aromatic carbocycles.